The Bertz CT molecular complexity index is 2040. The van der Waals surface area contributed by atoms with Gasteiger partial charge in [-0.15, -0.1) is 13.7 Å². The third-order valence-corrected chi connectivity index (χ3v) is 8.94. The van der Waals surface area contributed by atoms with Crippen LogP contribution in [0.2, 0.25) is 0 Å². The molecule has 0 atom stereocenters. The van der Waals surface area contributed by atoms with Crippen molar-refractivity contribution in [2.75, 3.05) is 10.6 Å². The van der Waals surface area contributed by atoms with Crippen molar-refractivity contribution in [1.82, 2.24) is 18.8 Å². The first-order chi connectivity index (χ1) is 21.5. The van der Waals surface area contributed by atoms with Gasteiger partial charge in [0.2, 0.25) is 5.91 Å². The molecule has 218 valence electrons. The molecule has 44 heavy (non-hydrogen) atoms. The summed E-state index contributed by atoms with van der Waals surface area (Å²) >= 11 is 1.62. The second kappa shape index (κ2) is 11.8. The summed E-state index contributed by atoms with van der Waals surface area (Å²) in [6, 6.07) is 35.4. The molecular formula is C35H32N7OS+. The minimum absolute atomic E-state index is 0.0906. The first-order valence-corrected chi connectivity index (χ1v) is 15.4. The summed E-state index contributed by atoms with van der Waals surface area (Å²) in [6.07, 6.45) is 3.75. The van der Waals surface area contributed by atoms with Gasteiger partial charge in [-0.25, -0.2) is 0 Å². The summed E-state index contributed by atoms with van der Waals surface area (Å²) in [4.78, 5) is 11.6. The van der Waals surface area contributed by atoms with E-state index in [1.165, 1.54) is 23.6 Å². The summed E-state index contributed by atoms with van der Waals surface area (Å²) in [7, 11) is 0. The van der Waals surface area contributed by atoms with Gasteiger partial charge >= 0.3 is 0 Å². The van der Waals surface area contributed by atoms with E-state index in [0.29, 0.717) is 0 Å². The second-order valence-corrected chi connectivity index (χ2v) is 11.8. The molecule has 0 fully saturated rings. The molecule has 9 heteroatoms. The van der Waals surface area contributed by atoms with Gasteiger partial charge in [-0.2, -0.15) is 3.79 Å². The summed E-state index contributed by atoms with van der Waals surface area (Å²) in [6.45, 7) is 4.38. The van der Waals surface area contributed by atoms with Crippen LogP contribution in [0.5, 0.6) is 0 Å². The highest BCUT2D eigenvalue weighted by Gasteiger charge is 2.27. The molecule has 0 unspecified atom stereocenters. The van der Waals surface area contributed by atoms with Crippen molar-refractivity contribution in [1.29, 1.82) is 0 Å². The van der Waals surface area contributed by atoms with Crippen LogP contribution in [0.25, 0.3) is 28.1 Å². The SMILES string of the molecule is CC(=O)Nc1ccc(-c2c3ccc(-n4cc(CCc5ccccc5)nn4)[n+]-3sn3c(NCc4ccccc4C)ccc23)cc1. The highest BCUT2D eigenvalue weighted by atomic mass is 32.1. The number of hydrogen-bond acceptors (Lipinski definition) is 5. The lowest BCUT2D eigenvalue weighted by atomic mass is 10.0. The molecule has 2 aromatic heterocycles. The number of aryl methyl sites for hydroxylation is 3. The molecule has 2 aliphatic heterocycles. The van der Waals surface area contributed by atoms with Crippen LogP contribution in [0.4, 0.5) is 11.5 Å². The standard InChI is InChI=1S/C35H31N7OS/c1-24-8-6-7-11-28(24)22-36-33-20-18-31-35(27-13-16-29(17-14-27)37-25(2)43)32-19-21-34(42(32)44-41(31)33)40-23-30(38-39-40)15-12-26-9-4-3-5-10-26/h3-11,13-14,16-21,23H,12,15,22H2,1-2H3,(H,36,37,43)/p+1. The Morgan fingerprint density at radius 2 is 1.68 bits per heavy atom. The molecule has 8 nitrogen and oxygen atoms in total. The Labute approximate surface area is 259 Å². The molecule has 0 saturated heterocycles. The maximum Gasteiger partial charge on any atom is 0.269 e. The zero-order valence-corrected chi connectivity index (χ0v) is 25.4. The lowest BCUT2D eigenvalue weighted by molar-refractivity contribution is -0.514. The van der Waals surface area contributed by atoms with E-state index in [0.717, 1.165) is 64.7 Å². The molecule has 2 N–H and O–H groups in total. The molecule has 0 aliphatic carbocycles. The number of rotatable bonds is 9. The van der Waals surface area contributed by atoms with E-state index in [1.54, 1.807) is 11.7 Å². The molecule has 1 amide bonds. The quantitative estimate of drug-likeness (QED) is 0.183. The normalized spacial score (nSPS) is 11.3. The minimum atomic E-state index is -0.0906. The van der Waals surface area contributed by atoms with Gasteiger partial charge < -0.3 is 10.6 Å². The Morgan fingerprint density at radius 3 is 2.48 bits per heavy atom. The number of amides is 1. The van der Waals surface area contributed by atoms with Gasteiger partial charge in [0, 0.05) is 30.4 Å². The maximum absolute atomic E-state index is 11.6. The molecule has 5 aromatic rings. The van der Waals surface area contributed by atoms with Crippen molar-refractivity contribution in [2.45, 2.75) is 33.2 Å². The van der Waals surface area contributed by atoms with Crippen LogP contribution in [0.15, 0.2) is 109 Å². The molecule has 0 bridgehead atoms. The predicted molar refractivity (Wildman–Crippen MR) is 175 cm³/mol. The lowest BCUT2D eigenvalue weighted by Crippen LogP contribution is -2.32. The Morgan fingerprint density at radius 1 is 0.886 bits per heavy atom. The highest BCUT2D eigenvalue weighted by Crippen LogP contribution is 2.35. The fraction of sp³-hybridized carbons (Fsp3) is 0.143. The number of nitrogens with one attached hydrogen (secondary N) is 2. The third-order valence-electron chi connectivity index (χ3n) is 7.83. The Kier molecular flexibility index (Phi) is 7.37. The zero-order valence-electron chi connectivity index (χ0n) is 24.6. The van der Waals surface area contributed by atoms with Crippen LogP contribution in [-0.2, 0) is 24.2 Å². The first-order valence-electron chi connectivity index (χ1n) is 14.7. The third kappa shape index (κ3) is 5.45. The summed E-state index contributed by atoms with van der Waals surface area (Å²) < 4.78 is 6.31. The average Bonchev–Trinajstić information content (AvgIpc) is 3.78. The molecule has 2 aliphatic rings. The average molecular weight is 599 g/mol. The molecule has 0 radical (unpaired) electrons. The monoisotopic (exact) mass is 598 g/mol. The smallest absolute Gasteiger partial charge is 0.269 e. The molecule has 0 spiro atoms. The number of benzene rings is 3. The topological polar surface area (TPSA) is 80.1 Å². The molecule has 3 aromatic carbocycles. The van der Waals surface area contributed by atoms with E-state index in [-0.39, 0.29) is 5.91 Å². The van der Waals surface area contributed by atoms with E-state index in [1.807, 2.05) is 29.1 Å². The van der Waals surface area contributed by atoms with Crippen molar-refractivity contribution in [2.24, 2.45) is 0 Å². The fourth-order valence-electron chi connectivity index (χ4n) is 5.55. The van der Waals surface area contributed by atoms with Crippen LogP contribution < -0.4 is 14.6 Å². The maximum atomic E-state index is 11.6. The van der Waals surface area contributed by atoms with Crippen LogP contribution >= 0.6 is 11.7 Å². The molecule has 0 saturated carbocycles. The van der Waals surface area contributed by atoms with Crippen molar-refractivity contribution >= 4 is 34.7 Å². The van der Waals surface area contributed by atoms with Gasteiger partial charge in [0.1, 0.15) is 23.1 Å². The van der Waals surface area contributed by atoms with Crippen LogP contribution in [0.3, 0.4) is 0 Å². The Balaban J connectivity index is 1.28. The van der Waals surface area contributed by atoms with Crippen molar-refractivity contribution in [3.63, 3.8) is 0 Å². The first kappa shape index (κ1) is 27.5. The van der Waals surface area contributed by atoms with E-state index in [9.17, 15) is 4.79 Å². The summed E-state index contributed by atoms with van der Waals surface area (Å²) in [5, 5.41) is 15.6. The Hall–Kier alpha value is -5.28. The number of aromatic nitrogens is 5. The van der Waals surface area contributed by atoms with Crippen molar-refractivity contribution in [3.05, 3.63) is 132 Å². The van der Waals surface area contributed by atoms with E-state index in [4.69, 9.17) is 0 Å². The zero-order chi connectivity index (χ0) is 30.0. The van der Waals surface area contributed by atoms with Crippen LogP contribution in [-0.4, -0.2) is 24.7 Å². The number of nitrogens with zero attached hydrogens (tertiary/aromatic N) is 5. The van der Waals surface area contributed by atoms with Gasteiger partial charge in [0.05, 0.1) is 5.56 Å². The lowest BCUT2D eigenvalue weighted by Gasteiger charge is -2.12. The predicted octanol–water partition coefficient (Wildman–Crippen LogP) is 6.63. The van der Waals surface area contributed by atoms with Gasteiger partial charge in [0.25, 0.3) is 5.82 Å². The second-order valence-electron chi connectivity index (χ2n) is 10.9. The molecule has 4 heterocycles. The summed E-state index contributed by atoms with van der Waals surface area (Å²) in [5.74, 6) is 1.83. The van der Waals surface area contributed by atoms with Gasteiger partial charge in [-0.1, -0.05) is 66.7 Å². The number of anilines is 2. The van der Waals surface area contributed by atoms with Crippen LogP contribution in [0, 0.1) is 6.92 Å². The van der Waals surface area contributed by atoms with E-state index < -0.39 is 0 Å². The number of fused-ring (bicyclic) bond motifs is 2. The van der Waals surface area contributed by atoms with Gasteiger partial charge in [-0.05, 0) is 72.4 Å². The highest BCUT2D eigenvalue weighted by molar-refractivity contribution is 6.96. The van der Waals surface area contributed by atoms with Gasteiger partial charge in [-0.3, -0.25) is 4.79 Å². The van der Waals surface area contributed by atoms with E-state index >= 15 is 0 Å². The van der Waals surface area contributed by atoms with Gasteiger partial charge in [0.15, 0.2) is 17.5 Å². The number of carbonyl (C=O) groups is 1. The fourth-order valence-corrected chi connectivity index (χ4v) is 6.63. The van der Waals surface area contributed by atoms with Crippen molar-refractivity contribution < 1.29 is 8.75 Å². The molecule has 7 rings (SSSR count). The van der Waals surface area contributed by atoms with E-state index in [2.05, 4.69) is 121 Å². The largest absolute Gasteiger partial charge is 0.354 e. The van der Waals surface area contributed by atoms with Crippen LogP contribution in [0.1, 0.15) is 29.3 Å². The van der Waals surface area contributed by atoms with Crippen molar-refractivity contribution in [3.8, 4) is 22.6 Å². The minimum Gasteiger partial charge on any atom is -0.354 e. The summed E-state index contributed by atoms with van der Waals surface area (Å²) in [5.41, 5.74) is 9.82. The number of carbonyl (C=O) groups excluding carboxylic acids is 1. The molecular weight excluding hydrogens is 567 g/mol. The number of hydrogen-bond donors (Lipinski definition) is 2.